The number of anilines is 3. The summed E-state index contributed by atoms with van der Waals surface area (Å²) in [5, 5.41) is 10.5. The standard InChI is InChI=1S/C25H26N6O2.C2HF3O2/c1-17-24(29-21-5-3-4-6-23(21)32-2)30-25(28-17)22-14-18(7-8-27-22)19-13-20(16-26-15-19)31-9-11-33-12-10-31;3-2(4,5)1(6)7/h3-8,13-16,29H,9-12H2,1-2H3,(H,28,30);(H,6,7). The van der Waals surface area contributed by atoms with E-state index in [1.807, 2.05) is 55.7 Å². The lowest BCUT2D eigenvalue weighted by atomic mass is 10.1. The average molecular weight is 557 g/mol. The van der Waals surface area contributed by atoms with Gasteiger partial charge in [0.15, 0.2) is 11.6 Å². The second-order valence-corrected chi connectivity index (χ2v) is 8.65. The van der Waals surface area contributed by atoms with E-state index in [-0.39, 0.29) is 0 Å². The van der Waals surface area contributed by atoms with Gasteiger partial charge in [-0.1, -0.05) is 12.1 Å². The van der Waals surface area contributed by atoms with Crippen LogP contribution in [-0.4, -0.2) is 70.6 Å². The van der Waals surface area contributed by atoms with Gasteiger partial charge in [-0.15, -0.1) is 0 Å². The number of alkyl halides is 3. The summed E-state index contributed by atoms with van der Waals surface area (Å²) in [7, 11) is 1.65. The highest BCUT2D eigenvalue weighted by Gasteiger charge is 2.38. The third-order valence-corrected chi connectivity index (χ3v) is 5.92. The van der Waals surface area contributed by atoms with Crippen LogP contribution in [0.25, 0.3) is 22.6 Å². The van der Waals surface area contributed by atoms with Crippen molar-refractivity contribution < 1.29 is 32.5 Å². The molecule has 4 heterocycles. The fraction of sp³-hybridized carbons (Fsp3) is 0.259. The smallest absolute Gasteiger partial charge is 0.490 e. The number of carbonyl (C=O) groups is 1. The second-order valence-electron chi connectivity index (χ2n) is 8.65. The molecule has 210 valence electrons. The van der Waals surface area contributed by atoms with Crippen LogP contribution in [0.4, 0.5) is 30.4 Å². The summed E-state index contributed by atoms with van der Waals surface area (Å²) >= 11 is 0. The van der Waals surface area contributed by atoms with Gasteiger partial charge in [-0.05, 0) is 42.8 Å². The zero-order valence-corrected chi connectivity index (χ0v) is 21.7. The van der Waals surface area contributed by atoms with Crippen LogP contribution in [0.3, 0.4) is 0 Å². The number of morpholine rings is 1. The molecule has 1 aliphatic heterocycles. The van der Waals surface area contributed by atoms with Gasteiger partial charge in [-0.25, -0.2) is 9.78 Å². The molecule has 0 aliphatic carbocycles. The van der Waals surface area contributed by atoms with Gasteiger partial charge in [0.05, 0.1) is 43.6 Å². The number of hydrogen-bond donors (Lipinski definition) is 3. The molecule has 0 saturated carbocycles. The Morgan fingerprint density at radius 2 is 1.85 bits per heavy atom. The Morgan fingerprint density at radius 1 is 1.12 bits per heavy atom. The van der Waals surface area contributed by atoms with E-state index < -0.39 is 12.1 Å². The molecule has 0 spiro atoms. The number of aliphatic carboxylic acids is 1. The van der Waals surface area contributed by atoms with Crippen molar-refractivity contribution in [3.05, 3.63) is 66.7 Å². The molecule has 4 aromatic rings. The summed E-state index contributed by atoms with van der Waals surface area (Å²) in [6.45, 7) is 5.22. The van der Waals surface area contributed by atoms with E-state index in [1.165, 1.54) is 0 Å². The maximum Gasteiger partial charge on any atom is 0.490 e. The summed E-state index contributed by atoms with van der Waals surface area (Å²) in [5.74, 6) is -0.566. The van der Waals surface area contributed by atoms with E-state index in [9.17, 15) is 13.2 Å². The molecule has 1 aromatic carbocycles. The van der Waals surface area contributed by atoms with Gasteiger partial charge < -0.3 is 29.8 Å². The Labute approximate surface area is 227 Å². The van der Waals surface area contributed by atoms with Gasteiger partial charge in [-0.3, -0.25) is 9.97 Å². The van der Waals surface area contributed by atoms with Crippen molar-refractivity contribution in [1.82, 2.24) is 19.9 Å². The number of rotatable bonds is 6. The number of halogens is 3. The highest BCUT2D eigenvalue weighted by molar-refractivity contribution is 5.73. The average Bonchev–Trinajstić information content (AvgIpc) is 3.33. The zero-order chi connectivity index (χ0) is 28.7. The minimum Gasteiger partial charge on any atom is -0.495 e. The Balaban J connectivity index is 0.000000470. The monoisotopic (exact) mass is 556 g/mol. The first-order valence-corrected chi connectivity index (χ1v) is 12.2. The van der Waals surface area contributed by atoms with Gasteiger partial charge in [0, 0.05) is 31.0 Å². The van der Waals surface area contributed by atoms with Crippen molar-refractivity contribution in [2.45, 2.75) is 13.1 Å². The quantitative estimate of drug-likeness (QED) is 0.299. The van der Waals surface area contributed by atoms with E-state index in [4.69, 9.17) is 24.4 Å². The number of pyridine rings is 2. The van der Waals surface area contributed by atoms with Crippen molar-refractivity contribution in [2.24, 2.45) is 0 Å². The summed E-state index contributed by atoms with van der Waals surface area (Å²) in [4.78, 5) is 28.3. The maximum atomic E-state index is 10.6. The predicted octanol–water partition coefficient (Wildman–Crippen LogP) is 5.06. The number of aryl methyl sites for hydroxylation is 1. The number of nitrogens with zero attached hydrogens (tertiary/aromatic N) is 4. The van der Waals surface area contributed by atoms with Gasteiger partial charge in [0.2, 0.25) is 0 Å². The first kappa shape index (κ1) is 28.4. The summed E-state index contributed by atoms with van der Waals surface area (Å²) in [6, 6.07) is 14.0. The van der Waals surface area contributed by atoms with E-state index in [1.54, 1.807) is 13.3 Å². The minimum atomic E-state index is -5.08. The lowest BCUT2D eigenvalue weighted by Gasteiger charge is -2.28. The highest BCUT2D eigenvalue weighted by Crippen LogP contribution is 2.30. The number of para-hydroxylation sites is 2. The minimum absolute atomic E-state index is 0.698. The van der Waals surface area contributed by atoms with E-state index >= 15 is 0 Å². The summed E-state index contributed by atoms with van der Waals surface area (Å²) in [5.41, 5.74) is 5.72. The molecule has 0 atom stereocenters. The molecule has 0 amide bonds. The van der Waals surface area contributed by atoms with Crippen LogP contribution in [0.5, 0.6) is 5.75 Å². The van der Waals surface area contributed by atoms with Crippen molar-refractivity contribution in [3.63, 3.8) is 0 Å². The Kier molecular flexibility index (Phi) is 8.84. The Morgan fingerprint density at radius 3 is 2.55 bits per heavy atom. The number of carboxylic acid groups (broad SMARTS) is 1. The van der Waals surface area contributed by atoms with Crippen LogP contribution >= 0.6 is 0 Å². The third kappa shape index (κ3) is 7.05. The molecule has 3 N–H and O–H groups in total. The van der Waals surface area contributed by atoms with Crippen LogP contribution in [-0.2, 0) is 9.53 Å². The fourth-order valence-electron chi connectivity index (χ4n) is 3.90. The molecule has 0 bridgehead atoms. The van der Waals surface area contributed by atoms with E-state index in [2.05, 4.69) is 31.2 Å². The van der Waals surface area contributed by atoms with Crippen molar-refractivity contribution in [3.8, 4) is 28.4 Å². The van der Waals surface area contributed by atoms with Crippen LogP contribution in [0.15, 0.2) is 61.1 Å². The van der Waals surface area contributed by atoms with E-state index in [0.29, 0.717) is 5.82 Å². The van der Waals surface area contributed by atoms with Gasteiger partial charge >= 0.3 is 12.1 Å². The van der Waals surface area contributed by atoms with Crippen LogP contribution in [0.2, 0.25) is 0 Å². The van der Waals surface area contributed by atoms with Crippen LogP contribution in [0.1, 0.15) is 5.69 Å². The number of aromatic nitrogens is 4. The molecule has 0 unspecified atom stereocenters. The molecule has 1 saturated heterocycles. The lowest BCUT2D eigenvalue weighted by molar-refractivity contribution is -0.192. The van der Waals surface area contributed by atoms with Crippen molar-refractivity contribution in [1.29, 1.82) is 0 Å². The molecular weight excluding hydrogens is 529 g/mol. The number of imidazole rings is 1. The molecule has 1 fully saturated rings. The maximum absolute atomic E-state index is 10.6. The third-order valence-electron chi connectivity index (χ3n) is 5.92. The van der Waals surface area contributed by atoms with Gasteiger partial charge in [-0.2, -0.15) is 13.2 Å². The first-order valence-electron chi connectivity index (χ1n) is 12.2. The lowest BCUT2D eigenvalue weighted by Crippen LogP contribution is -2.36. The molecule has 13 heteroatoms. The largest absolute Gasteiger partial charge is 0.495 e. The molecule has 0 radical (unpaired) electrons. The predicted molar refractivity (Wildman–Crippen MR) is 143 cm³/mol. The Bertz CT molecular complexity index is 1450. The number of carboxylic acids is 1. The molecule has 1 aliphatic rings. The number of methoxy groups -OCH3 is 1. The molecule has 5 rings (SSSR count). The van der Waals surface area contributed by atoms with E-state index in [0.717, 1.165) is 71.8 Å². The number of aromatic amines is 1. The molecular formula is C27H27F3N6O4. The molecule has 3 aromatic heterocycles. The van der Waals surface area contributed by atoms with Crippen LogP contribution in [0, 0.1) is 6.92 Å². The number of hydrogen-bond acceptors (Lipinski definition) is 8. The molecule has 40 heavy (non-hydrogen) atoms. The summed E-state index contributed by atoms with van der Waals surface area (Å²) < 4.78 is 42.6. The van der Waals surface area contributed by atoms with Crippen molar-refractivity contribution in [2.75, 3.05) is 43.6 Å². The normalized spacial score (nSPS) is 13.3. The number of nitrogens with one attached hydrogen (secondary N) is 2. The summed E-state index contributed by atoms with van der Waals surface area (Å²) in [6.07, 6.45) is 0.505. The number of benzene rings is 1. The van der Waals surface area contributed by atoms with Crippen molar-refractivity contribution >= 4 is 23.2 Å². The van der Waals surface area contributed by atoms with Gasteiger partial charge in [0.25, 0.3) is 0 Å². The van der Waals surface area contributed by atoms with Crippen LogP contribution < -0.4 is 15.0 Å². The number of ether oxygens (including phenoxy) is 2. The van der Waals surface area contributed by atoms with Gasteiger partial charge in [0.1, 0.15) is 11.4 Å². The first-order chi connectivity index (χ1) is 19.2. The zero-order valence-electron chi connectivity index (χ0n) is 21.7. The SMILES string of the molecule is COc1ccccc1Nc1nc(-c2cc(-c3cncc(N4CCOCC4)c3)ccn2)[nH]c1C.O=C(O)C(F)(F)F. The highest BCUT2D eigenvalue weighted by atomic mass is 19.4. The Hall–Kier alpha value is -4.65. The topological polar surface area (TPSA) is 125 Å². The fourth-order valence-corrected chi connectivity index (χ4v) is 3.90. The molecule has 10 nitrogen and oxygen atoms in total. The number of H-pyrrole nitrogens is 1. The second kappa shape index (κ2) is 12.5.